The van der Waals surface area contributed by atoms with Gasteiger partial charge in [-0.05, 0) is 18.2 Å². The van der Waals surface area contributed by atoms with Crippen molar-refractivity contribution in [2.24, 2.45) is 0 Å². The molecule has 0 unspecified atom stereocenters. The first kappa shape index (κ1) is 12.2. The first-order valence-corrected chi connectivity index (χ1v) is 5.51. The molecule has 0 saturated heterocycles. The van der Waals surface area contributed by atoms with Crippen molar-refractivity contribution in [2.75, 3.05) is 21.3 Å². The molecular weight excluding hydrogens is 230 g/mol. The van der Waals surface area contributed by atoms with Gasteiger partial charge in [0.2, 0.25) is 0 Å². The Bertz CT molecular complexity index is 540. The van der Waals surface area contributed by atoms with Crippen LogP contribution < -0.4 is 14.2 Å². The van der Waals surface area contributed by atoms with E-state index in [0.29, 0.717) is 11.5 Å². The van der Waals surface area contributed by atoms with E-state index in [1.54, 1.807) is 33.6 Å². The molecule has 4 nitrogen and oxygen atoms in total. The second kappa shape index (κ2) is 5.40. The third-order valence-corrected chi connectivity index (χ3v) is 2.65. The minimum absolute atomic E-state index is 0.667. The van der Waals surface area contributed by atoms with E-state index in [0.717, 1.165) is 17.0 Å². The molecule has 0 aliphatic rings. The Labute approximate surface area is 106 Å². The molecule has 0 saturated carbocycles. The van der Waals surface area contributed by atoms with Gasteiger partial charge < -0.3 is 14.2 Å². The topological polar surface area (TPSA) is 40.6 Å². The van der Waals surface area contributed by atoms with E-state index in [9.17, 15) is 0 Å². The van der Waals surface area contributed by atoms with E-state index >= 15 is 0 Å². The standard InChI is InChI=1S/C14H15NO3/c1-16-10-7-8-15-12(9-10)11-5-4-6-13(17-2)14(11)18-3/h4-9H,1-3H3. The van der Waals surface area contributed by atoms with Crippen LogP contribution in [0.1, 0.15) is 0 Å². The van der Waals surface area contributed by atoms with Gasteiger partial charge in [0.15, 0.2) is 11.5 Å². The summed E-state index contributed by atoms with van der Waals surface area (Å²) >= 11 is 0. The molecule has 0 N–H and O–H groups in total. The Kier molecular flexibility index (Phi) is 3.67. The Morgan fingerprint density at radius 3 is 2.44 bits per heavy atom. The van der Waals surface area contributed by atoms with Gasteiger partial charge in [0.25, 0.3) is 0 Å². The molecule has 4 heteroatoms. The van der Waals surface area contributed by atoms with Gasteiger partial charge in [0.05, 0.1) is 27.0 Å². The van der Waals surface area contributed by atoms with Crippen LogP contribution in [-0.2, 0) is 0 Å². The van der Waals surface area contributed by atoms with Gasteiger partial charge in [-0.3, -0.25) is 4.98 Å². The molecule has 0 fully saturated rings. The second-order valence-electron chi connectivity index (χ2n) is 3.62. The van der Waals surface area contributed by atoms with E-state index < -0.39 is 0 Å². The molecule has 0 bridgehead atoms. The van der Waals surface area contributed by atoms with E-state index in [2.05, 4.69) is 4.98 Å². The van der Waals surface area contributed by atoms with Gasteiger partial charge >= 0.3 is 0 Å². The van der Waals surface area contributed by atoms with E-state index in [-0.39, 0.29) is 0 Å². The van der Waals surface area contributed by atoms with Gasteiger partial charge in [0, 0.05) is 17.8 Å². The highest BCUT2D eigenvalue weighted by molar-refractivity contribution is 5.71. The van der Waals surface area contributed by atoms with Gasteiger partial charge in [0.1, 0.15) is 5.75 Å². The average molecular weight is 245 g/mol. The predicted octanol–water partition coefficient (Wildman–Crippen LogP) is 2.77. The van der Waals surface area contributed by atoms with Crippen LogP contribution in [-0.4, -0.2) is 26.3 Å². The molecule has 0 spiro atoms. The fourth-order valence-electron chi connectivity index (χ4n) is 1.77. The largest absolute Gasteiger partial charge is 0.497 e. The summed E-state index contributed by atoms with van der Waals surface area (Å²) in [6.45, 7) is 0. The first-order chi connectivity index (χ1) is 8.80. The summed E-state index contributed by atoms with van der Waals surface area (Å²) in [5.74, 6) is 2.10. The van der Waals surface area contributed by atoms with Crippen LogP contribution in [0.5, 0.6) is 17.2 Å². The van der Waals surface area contributed by atoms with Crippen LogP contribution in [0.3, 0.4) is 0 Å². The summed E-state index contributed by atoms with van der Waals surface area (Å²) in [6, 6.07) is 9.34. The number of pyridine rings is 1. The van der Waals surface area contributed by atoms with Gasteiger partial charge in [-0.15, -0.1) is 0 Å². The highest BCUT2D eigenvalue weighted by Crippen LogP contribution is 2.37. The zero-order valence-corrected chi connectivity index (χ0v) is 10.6. The summed E-state index contributed by atoms with van der Waals surface area (Å²) in [6.07, 6.45) is 1.70. The molecule has 0 radical (unpaired) electrons. The fourth-order valence-corrected chi connectivity index (χ4v) is 1.77. The normalized spacial score (nSPS) is 9.94. The Morgan fingerprint density at radius 2 is 1.78 bits per heavy atom. The number of para-hydroxylation sites is 1. The average Bonchev–Trinajstić information content (AvgIpc) is 2.46. The van der Waals surface area contributed by atoms with Crippen molar-refractivity contribution >= 4 is 0 Å². The second-order valence-corrected chi connectivity index (χ2v) is 3.62. The lowest BCUT2D eigenvalue weighted by atomic mass is 10.1. The summed E-state index contributed by atoms with van der Waals surface area (Å²) in [7, 11) is 4.85. The van der Waals surface area contributed by atoms with E-state index in [1.807, 2.05) is 24.3 Å². The molecule has 1 aromatic heterocycles. The molecule has 94 valence electrons. The van der Waals surface area contributed by atoms with Gasteiger partial charge in [-0.1, -0.05) is 6.07 Å². The highest BCUT2D eigenvalue weighted by atomic mass is 16.5. The number of rotatable bonds is 4. The maximum atomic E-state index is 5.39. The number of hydrogen-bond acceptors (Lipinski definition) is 4. The molecule has 0 aliphatic carbocycles. The monoisotopic (exact) mass is 245 g/mol. The van der Waals surface area contributed by atoms with Crippen molar-refractivity contribution in [2.45, 2.75) is 0 Å². The number of benzene rings is 1. The van der Waals surface area contributed by atoms with Crippen LogP contribution in [0, 0.1) is 0 Å². The fraction of sp³-hybridized carbons (Fsp3) is 0.214. The molecule has 18 heavy (non-hydrogen) atoms. The molecule has 0 atom stereocenters. The molecule has 1 heterocycles. The molecule has 0 amide bonds. The number of methoxy groups -OCH3 is 3. The van der Waals surface area contributed by atoms with Crippen molar-refractivity contribution in [3.8, 4) is 28.5 Å². The van der Waals surface area contributed by atoms with Gasteiger partial charge in [-0.25, -0.2) is 0 Å². The van der Waals surface area contributed by atoms with Crippen molar-refractivity contribution < 1.29 is 14.2 Å². The SMILES string of the molecule is COc1ccnc(-c2cccc(OC)c2OC)c1. The Balaban J connectivity index is 2.55. The van der Waals surface area contributed by atoms with E-state index in [4.69, 9.17) is 14.2 Å². The number of nitrogens with zero attached hydrogens (tertiary/aromatic N) is 1. The lowest BCUT2D eigenvalue weighted by Gasteiger charge is -2.12. The first-order valence-electron chi connectivity index (χ1n) is 5.51. The number of hydrogen-bond donors (Lipinski definition) is 0. The van der Waals surface area contributed by atoms with Crippen molar-refractivity contribution in [3.05, 3.63) is 36.5 Å². The van der Waals surface area contributed by atoms with Crippen LogP contribution in [0.25, 0.3) is 11.3 Å². The summed E-state index contributed by atoms with van der Waals surface area (Å²) in [5, 5.41) is 0. The number of aromatic nitrogens is 1. The van der Waals surface area contributed by atoms with Crippen LogP contribution in [0.15, 0.2) is 36.5 Å². The minimum atomic E-state index is 0.667. The summed E-state index contributed by atoms with van der Waals surface area (Å²) in [5.41, 5.74) is 1.65. The predicted molar refractivity (Wildman–Crippen MR) is 69.3 cm³/mol. The molecular formula is C14H15NO3. The summed E-state index contributed by atoms with van der Waals surface area (Å²) in [4.78, 5) is 4.33. The number of ether oxygens (including phenoxy) is 3. The summed E-state index contributed by atoms with van der Waals surface area (Å²) < 4.78 is 15.9. The Hall–Kier alpha value is -2.23. The van der Waals surface area contributed by atoms with Crippen molar-refractivity contribution in [1.82, 2.24) is 4.98 Å². The quantitative estimate of drug-likeness (QED) is 0.830. The van der Waals surface area contributed by atoms with Crippen molar-refractivity contribution in [3.63, 3.8) is 0 Å². The molecule has 2 aromatic rings. The molecule has 1 aromatic carbocycles. The molecule has 2 rings (SSSR count). The van der Waals surface area contributed by atoms with E-state index in [1.165, 1.54) is 0 Å². The Morgan fingerprint density at radius 1 is 0.944 bits per heavy atom. The van der Waals surface area contributed by atoms with Crippen molar-refractivity contribution in [1.29, 1.82) is 0 Å². The maximum Gasteiger partial charge on any atom is 0.170 e. The minimum Gasteiger partial charge on any atom is -0.497 e. The maximum absolute atomic E-state index is 5.39. The third kappa shape index (κ3) is 2.22. The zero-order chi connectivity index (χ0) is 13.0. The van der Waals surface area contributed by atoms with Crippen LogP contribution >= 0.6 is 0 Å². The lowest BCUT2D eigenvalue weighted by Crippen LogP contribution is -1.94. The van der Waals surface area contributed by atoms with Crippen LogP contribution in [0.2, 0.25) is 0 Å². The zero-order valence-electron chi connectivity index (χ0n) is 10.6. The van der Waals surface area contributed by atoms with Gasteiger partial charge in [-0.2, -0.15) is 0 Å². The lowest BCUT2D eigenvalue weighted by molar-refractivity contribution is 0.356. The third-order valence-electron chi connectivity index (χ3n) is 2.65. The highest BCUT2D eigenvalue weighted by Gasteiger charge is 2.12. The molecule has 0 aliphatic heterocycles. The van der Waals surface area contributed by atoms with Crippen LogP contribution in [0.4, 0.5) is 0 Å². The smallest absolute Gasteiger partial charge is 0.170 e.